The Morgan fingerprint density at radius 1 is 1.21 bits per heavy atom. The highest BCUT2D eigenvalue weighted by atomic mass is 32.1. The lowest BCUT2D eigenvalue weighted by Crippen LogP contribution is -1.82. The number of rotatable bonds is 4. The Labute approximate surface area is 88.8 Å². The second-order valence-corrected chi connectivity index (χ2v) is 4.65. The molecule has 0 spiro atoms. The zero-order valence-electron chi connectivity index (χ0n) is 8.49. The van der Waals surface area contributed by atoms with Crippen LogP contribution in [0.3, 0.4) is 0 Å². The van der Waals surface area contributed by atoms with E-state index in [1.54, 1.807) is 0 Å². The third kappa shape index (κ3) is 2.13. The molecular formula is C12H15NS. The second-order valence-electron chi connectivity index (χ2n) is 3.53. The summed E-state index contributed by atoms with van der Waals surface area (Å²) >= 11 is 1.84. The van der Waals surface area contributed by atoms with Crippen molar-refractivity contribution < 1.29 is 0 Å². The van der Waals surface area contributed by atoms with Crippen LogP contribution in [0.2, 0.25) is 0 Å². The maximum absolute atomic E-state index is 4.60. The van der Waals surface area contributed by atoms with Gasteiger partial charge in [-0.2, -0.15) is 0 Å². The lowest BCUT2D eigenvalue weighted by Gasteiger charge is -1.92. The summed E-state index contributed by atoms with van der Waals surface area (Å²) in [4.78, 5) is 4.60. The van der Waals surface area contributed by atoms with Crippen LogP contribution < -0.4 is 0 Å². The summed E-state index contributed by atoms with van der Waals surface area (Å²) in [6.07, 6.45) is 5.02. The quantitative estimate of drug-likeness (QED) is 0.687. The summed E-state index contributed by atoms with van der Waals surface area (Å²) in [5, 5.41) is 1.29. The van der Waals surface area contributed by atoms with Gasteiger partial charge in [-0.3, -0.25) is 0 Å². The fourth-order valence-electron chi connectivity index (χ4n) is 1.55. The molecule has 1 nitrogen and oxygen atoms in total. The minimum atomic E-state index is 1.15. The number of hydrogen-bond acceptors (Lipinski definition) is 2. The van der Waals surface area contributed by atoms with Gasteiger partial charge in [-0.1, -0.05) is 31.9 Å². The van der Waals surface area contributed by atoms with E-state index in [0.29, 0.717) is 0 Å². The molecule has 0 amide bonds. The topological polar surface area (TPSA) is 12.9 Å². The Bertz CT molecular complexity index is 372. The Morgan fingerprint density at radius 3 is 2.86 bits per heavy atom. The molecule has 0 atom stereocenters. The van der Waals surface area contributed by atoms with Crippen LogP contribution in [0.5, 0.6) is 0 Å². The average Bonchev–Trinajstić information content (AvgIpc) is 2.60. The lowest BCUT2D eigenvalue weighted by atomic mass is 10.2. The van der Waals surface area contributed by atoms with Crippen molar-refractivity contribution in [1.29, 1.82) is 0 Å². The van der Waals surface area contributed by atoms with Gasteiger partial charge in [0.15, 0.2) is 0 Å². The van der Waals surface area contributed by atoms with E-state index < -0.39 is 0 Å². The molecule has 2 heteroatoms. The van der Waals surface area contributed by atoms with Crippen LogP contribution in [-0.4, -0.2) is 4.98 Å². The van der Waals surface area contributed by atoms with Gasteiger partial charge in [0.2, 0.25) is 0 Å². The zero-order chi connectivity index (χ0) is 9.80. The van der Waals surface area contributed by atoms with Gasteiger partial charge in [-0.05, 0) is 25.0 Å². The summed E-state index contributed by atoms with van der Waals surface area (Å²) in [6.45, 7) is 2.23. The average molecular weight is 205 g/mol. The molecule has 1 heterocycles. The number of nitrogens with zero attached hydrogens (tertiary/aromatic N) is 1. The molecule has 0 unspecified atom stereocenters. The van der Waals surface area contributed by atoms with Crippen LogP contribution in [-0.2, 0) is 6.42 Å². The highest BCUT2D eigenvalue weighted by molar-refractivity contribution is 7.18. The van der Waals surface area contributed by atoms with E-state index in [1.165, 1.54) is 29.0 Å². The fourth-order valence-corrected chi connectivity index (χ4v) is 2.56. The van der Waals surface area contributed by atoms with Crippen LogP contribution in [0.1, 0.15) is 31.2 Å². The van der Waals surface area contributed by atoms with E-state index in [-0.39, 0.29) is 0 Å². The fraction of sp³-hybridized carbons (Fsp3) is 0.417. The second kappa shape index (κ2) is 4.56. The molecule has 1 aromatic heterocycles. The van der Waals surface area contributed by atoms with Gasteiger partial charge in [0, 0.05) is 0 Å². The molecule has 0 saturated heterocycles. The largest absolute Gasteiger partial charge is 0.241 e. The molecule has 0 aliphatic carbocycles. The van der Waals surface area contributed by atoms with Crippen LogP contribution in [0.15, 0.2) is 24.3 Å². The predicted octanol–water partition coefficient (Wildman–Crippen LogP) is 4.03. The Kier molecular flexibility index (Phi) is 3.14. The summed E-state index contributed by atoms with van der Waals surface area (Å²) < 4.78 is 1.32. The summed E-state index contributed by atoms with van der Waals surface area (Å²) in [6, 6.07) is 8.37. The first-order valence-corrected chi connectivity index (χ1v) is 6.06. The molecular weight excluding hydrogens is 190 g/mol. The van der Waals surface area contributed by atoms with Gasteiger partial charge in [-0.25, -0.2) is 4.98 Å². The standard InChI is InChI=1S/C12H15NS/c1-2-3-4-9-12-13-10-7-5-6-8-11(10)14-12/h5-8H,2-4,9H2,1H3. The smallest absolute Gasteiger partial charge is 0.0938 e. The van der Waals surface area contributed by atoms with Crippen molar-refractivity contribution in [2.45, 2.75) is 32.6 Å². The summed E-state index contributed by atoms with van der Waals surface area (Å²) in [7, 11) is 0. The van der Waals surface area contributed by atoms with E-state index in [4.69, 9.17) is 0 Å². The van der Waals surface area contributed by atoms with Gasteiger partial charge in [-0.15, -0.1) is 11.3 Å². The van der Waals surface area contributed by atoms with Crippen molar-refractivity contribution in [2.24, 2.45) is 0 Å². The Balaban J connectivity index is 2.11. The van der Waals surface area contributed by atoms with Gasteiger partial charge in [0.25, 0.3) is 0 Å². The van der Waals surface area contributed by atoms with Crippen LogP contribution in [0, 0.1) is 0 Å². The van der Waals surface area contributed by atoms with Crippen LogP contribution in [0.25, 0.3) is 10.2 Å². The third-order valence-electron chi connectivity index (χ3n) is 2.33. The normalized spacial score (nSPS) is 10.9. The Morgan fingerprint density at radius 2 is 2.07 bits per heavy atom. The molecule has 2 aromatic rings. The summed E-state index contributed by atoms with van der Waals surface area (Å²) in [5.74, 6) is 0. The first kappa shape index (κ1) is 9.66. The molecule has 1 aromatic carbocycles. The molecule has 0 bridgehead atoms. The van der Waals surface area contributed by atoms with Gasteiger partial charge < -0.3 is 0 Å². The molecule has 2 rings (SSSR count). The molecule has 0 fully saturated rings. The highest BCUT2D eigenvalue weighted by Gasteiger charge is 2.01. The van der Waals surface area contributed by atoms with Crippen molar-refractivity contribution >= 4 is 21.6 Å². The number of hydrogen-bond donors (Lipinski definition) is 0. The van der Waals surface area contributed by atoms with E-state index >= 15 is 0 Å². The molecule has 74 valence electrons. The van der Waals surface area contributed by atoms with Crippen LogP contribution >= 0.6 is 11.3 Å². The maximum atomic E-state index is 4.60. The van der Waals surface area contributed by atoms with E-state index in [1.807, 2.05) is 11.3 Å². The third-order valence-corrected chi connectivity index (χ3v) is 3.43. The van der Waals surface area contributed by atoms with Crippen molar-refractivity contribution in [1.82, 2.24) is 4.98 Å². The Hall–Kier alpha value is -0.890. The van der Waals surface area contributed by atoms with Crippen molar-refractivity contribution in [3.8, 4) is 0 Å². The molecule has 0 radical (unpaired) electrons. The SMILES string of the molecule is CCCCCc1nc2ccccc2s1. The van der Waals surface area contributed by atoms with Crippen LogP contribution in [0.4, 0.5) is 0 Å². The molecule has 0 N–H and O–H groups in total. The van der Waals surface area contributed by atoms with Crippen molar-refractivity contribution in [2.75, 3.05) is 0 Å². The van der Waals surface area contributed by atoms with Gasteiger partial charge >= 0.3 is 0 Å². The number of para-hydroxylation sites is 1. The highest BCUT2D eigenvalue weighted by Crippen LogP contribution is 2.22. The number of aryl methyl sites for hydroxylation is 1. The van der Waals surface area contributed by atoms with E-state index in [2.05, 4.69) is 36.2 Å². The monoisotopic (exact) mass is 205 g/mol. The number of unbranched alkanes of at least 4 members (excludes halogenated alkanes) is 2. The molecule has 0 aliphatic rings. The minimum Gasteiger partial charge on any atom is -0.241 e. The minimum absolute atomic E-state index is 1.15. The molecule has 0 saturated carbocycles. The van der Waals surface area contributed by atoms with Crippen molar-refractivity contribution in [3.63, 3.8) is 0 Å². The van der Waals surface area contributed by atoms with E-state index in [9.17, 15) is 0 Å². The summed E-state index contributed by atoms with van der Waals surface area (Å²) in [5.41, 5.74) is 1.16. The predicted molar refractivity (Wildman–Crippen MR) is 62.8 cm³/mol. The first-order chi connectivity index (χ1) is 6.90. The lowest BCUT2D eigenvalue weighted by molar-refractivity contribution is 0.716. The van der Waals surface area contributed by atoms with Gasteiger partial charge in [0.05, 0.1) is 15.2 Å². The number of thiazole rings is 1. The molecule has 0 aliphatic heterocycles. The zero-order valence-corrected chi connectivity index (χ0v) is 9.31. The molecule has 14 heavy (non-hydrogen) atoms. The van der Waals surface area contributed by atoms with E-state index in [0.717, 1.165) is 11.9 Å². The number of fused-ring (bicyclic) bond motifs is 1. The number of benzene rings is 1. The van der Waals surface area contributed by atoms with Crippen molar-refractivity contribution in [3.05, 3.63) is 29.3 Å². The first-order valence-electron chi connectivity index (χ1n) is 5.24. The maximum Gasteiger partial charge on any atom is 0.0938 e. The van der Waals surface area contributed by atoms with Gasteiger partial charge in [0.1, 0.15) is 0 Å². The number of aromatic nitrogens is 1.